The molecule has 0 fully saturated rings. The Morgan fingerprint density at radius 1 is 1.10 bits per heavy atom. The second-order valence-electron chi connectivity index (χ2n) is 7.36. The first-order valence-corrected chi connectivity index (χ1v) is 9.87. The summed E-state index contributed by atoms with van der Waals surface area (Å²) in [7, 11) is 3.79. The Balaban J connectivity index is 1.84. The number of nitrogens with one attached hydrogen (secondary N) is 1. The van der Waals surface area contributed by atoms with Crippen LogP contribution in [-0.2, 0) is 11.2 Å². The Kier molecular flexibility index (Phi) is 6.92. The molecule has 0 radical (unpaired) electrons. The minimum atomic E-state index is -0.807. The van der Waals surface area contributed by atoms with Crippen molar-refractivity contribution >= 4 is 17.7 Å². The van der Waals surface area contributed by atoms with Crippen molar-refractivity contribution in [3.8, 4) is 11.1 Å². The average Bonchev–Trinajstić information content (AvgIpc) is 2.70. The molecule has 1 amide bonds. The fourth-order valence-electron chi connectivity index (χ4n) is 3.22. The fourth-order valence-corrected chi connectivity index (χ4v) is 3.35. The van der Waals surface area contributed by atoms with Gasteiger partial charge in [0, 0.05) is 29.7 Å². The first-order valence-electron chi connectivity index (χ1n) is 9.49. The van der Waals surface area contributed by atoms with Crippen LogP contribution in [0.2, 0.25) is 5.02 Å². The minimum Gasteiger partial charge on any atom is -0.440 e. The summed E-state index contributed by atoms with van der Waals surface area (Å²) in [6.45, 7) is 0.520. The molecular weight excluding hydrogens is 402 g/mol. The number of rotatable bonds is 7. The predicted molar refractivity (Wildman–Crippen MR) is 119 cm³/mol. The largest absolute Gasteiger partial charge is 0.440 e. The highest BCUT2D eigenvalue weighted by molar-refractivity contribution is 6.30. The highest BCUT2D eigenvalue weighted by atomic mass is 35.5. The lowest BCUT2D eigenvalue weighted by atomic mass is 9.99. The maximum Gasteiger partial charge on any atom is 0.405 e. The number of carbonyl (C=O) groups is 1. The summed E-state index contributed by atoms with van der Waals surface area (Å²) < 4.78 is 5.24. The zero-order valence-electron chi connectivity index (χ0n) is 16.9. The van der Waals surface area contributed by atoms with Gasteiger partial charge in [-0.1, -0.05) is 48.0 Å². The van der Waals surface area contributed by atoms with Gasteiger partial charge in [-0.25, -0.2) is 4.79 Å². The summed E-state index contributed by atoms with van der Waals surface area (Å²) >= 11 is 5.94. The van der Waals surface area contributed by atoms with Gasteiger partial charge in [-0.2, -0.15) is 0 Å². The van der Waals surface area contributed by atoms with Crippen LogP contribution in [0, 0.1) is 0 Å². The number of primary amides is 1. The lowest BCUT2D eigenvalue weighted by Gasteiger charge is -2.21. The van der Waals surface area contributed by atoms with Gasteiger partial charge in [-0.05, 0) is 54.5 Å². The van der Waals surface area contributed by atoms with E-state index in [9.17, 15) is 9.59 Å². The van der Waals surface area contributed by atoms with Crippen LogP contribution in [0.15, 0.2) is 65.6 Å². The van der Waals surface area contributed by atoms with Crippen molar-refractivity contribution in [1.29, 1.82) is 0 Å². The number of carbonyl (C=O) groups excluding carboxylic acids is 1. The van der Waals surface area contributed by atoms with E-state index in [2.05, 4.69) is 4.98 Å². The Hall–Kier alpha value is -3.09. The molecule has 1 unspecified atom stereocenters. The predicted octanol–water partition coefficient (Wildman–Crippen LogP) is 3.98. The minimum absolute atomic E-state index is 0.119. The number of benzene rings is 2. The van der Waals surface area contributed by atoms with Gasteiger partial charge < -0.3 is 20.4 Å². The van der Waals surface area contributed by atoms with E-state index in [0.29, 0.717) is 23.6 Å². The van der Waals surface area contributed by atoms with E-state index in [-0.39, 0.29) is 5.56 Å². The number of pyridine rings is 1. The van der Waals surface area contributed by atoms with E-state index in [1.54, 1.807) is 6.20 Å². The van der Waals surface area contributed by atoms with Crippen LogP contribution in [0.1, 0.15) is 22.8 Å². The van der Waals surface area contributed by atoms with E-state index in [0.717, 1.165) is 22.3 Å². The van der Waals surface area contributed by atoms with Crippen molar-refractivity contribution in [1.82, 2.24) is 9.88 Å². The molecule has 3 aromatic rings. The number of aromatic nitrogens is 1. The van der Waals surface area contributed by atoms with Gasteiger partial charge in [-0.3, -0.25) is 4.79 Å². The molecule has 0 bridgehead atoms. The molecule has 0 saturated carbocycles. The second kappa shape index (κ2) is 9.61. The summed E-state index contributed by atoms with van der Waals surface area (Å²) in [5.41, 5.74) is 9.44. The smallest absolute Gasteiger partial charge is 0.405 e. The van der Waals surface area contributed by atoms with E-state index in [1.165, 1.54) is 0 Å². The van der Waals surface area contributed by atoms with E-state index in [4.69, 9.17) is 22.1 Å². The summed E-state index contributed by atoms with van der Waals surface area (Å²) in [4.78, 5) is 28.2. The standard InChI is InChI=1S/C23H24ClN3O3/c1-27(2)14-21(30-23(25)29)17-7-5-16(6-8-17)19-12-18(22(28)26-13-19)11-15-3-9-20(24)10-4-15/h3-10,12-13,21H,11,14H2,1-2H3,(H2,25,29)(H,26,28). The molecule has 0 spiro atoms. The van der Waals surface area contributed by atoms with Gasteiger partial charge in [0.15, 0.2) is 0 Å². The summed E-state index contributed by atoms with van der Waals surface area (Å²) in [6, 6.07) is 17.0. The van der Waals surface area contributed by atoms with Crippen LogP contribution in [-0.4, -0.2) is 36.6 Å². The molecule has 0 aliphatic carbocycles. The molecule has 1 atom stereocenters. The number of hydrogen-bond acceptors (Lipinski definition) is 4. The van der Waals surface area contributed by atoms with Crippen molar-refractivity contribution in [3.63, 3.8) is 0 Å². The first kappa shape index (κ1) is 21.6. The van der Waals surface area contributed by atoms with Crippen molar-refractivity contribution in [2.24, 2.45) is 5.73 Å². The molecule has 6 nitrogen and oxygen atoms in total. The van der Waals surface area contributed by atoms with Crippen LogP contribution >= 0.6 is 11.6 Å². The lowest BCUT2D eigenvalue weighted by Crippen LogP contribution is -2.26. The molecule has 0 aliphatic heterocycles. The summed E-state index contributed by atoms with van der Waals surface area (Å²) in [5, 5.41) is 0.661. The second-order valence-corrected chi connectivity index (χ2v) is 7.79. The Labute approximate surface area is 180 Å². The Morgan fingerprint density at radius 3 is 2.37 bits per heavy atom. The monoisotopic (exact) mass is 425 g/mol. The van der Waals surface area contributed by atoms with Gasteiger partial charge in [0.2, 0.25) is 0 Å². The Morgan fingerprint density at radius 2 is 1.77 bits per heavy atom. The number of likely N-dealkylation sites (N-methyl/N-ethyl adjacent to an activating group) is 1. The maximum absolute atomic E-state index is 12.3. The fraction of sp³-hybridized carbons (Fsp3) is 0.217. The highest BCUT2D eigenvalue weighted by Crippen LogP contribution is 2.24. The van der Waals surface area contributed by atoms with Gasteiger partial charge in [0.05, 0.1) is 0 Å². The lowest BCUT2D eigenvalue weighted by molar-refractivity contribution is 0.0884. The SMILES string of the molecule is CN(C)CC(OC(N)=O)c1ccc(-c2c[nH]c(=O)c(Cc3ccc(Cl)cc3)c2)cc1. The van der Waals surface area contributed by atoms with Gasteiger partial charge in [0.25, 0.3) is 5.56 Å². The molecule has 1 aromatic heterocycles. The number of aromatic amines is 1. The first-order chi connectivity index (χ1) is 14.3. The molecule has 0 aliphatic rings. The van der Waals surface area contributed by atoms with Crippen molar-refractivity contribution in [2.75, 3.05) is 20.6 Å². The van der Waals surface area contributed by atoms with E-state index >= 15 is 0 Å². The van der Waals surface area contributed by atoms with E-state index < -0.39 is 12.2 Å². The number of H-pyrrole nitrogens is 1. The topological polar surface area (TPSA) is 88.4 Å². The van der Waals surface area contributed by atoms with Crippen molar-refractivity contribution in [2.45, 2.75) is 12.5 Å². The van der Waals surface area contributed by atoms with Crippen LogP contribution < -0.4 is 11.3 Å². The zero-order valence-corrected chi connectivity index (χ0v) is 17.6. The van der Waals surface area contributed by atoms with Crippen LogP contribution in [0.25, 0.3) is 11.1 Å². The maximum atomic E-state index is 12.3. The van der Waals surface area contributed by atoms with Gasteiger partial charge >= 0.3 is 6.09 Å². The molecular formula is C23H24ClN3O3. The van der Waals surface area contributed by atoms with Crippen LogP contribution in [0.4, 0.5) is 4.79 Å². The third kappa shape index (κ3) is 5.72. The third-order valence-electron chi connectivity index (χ3n) is 4.69. The summed E-state index contributed by atoms with van der Waals surface area (Å²) in [6.07, 6.45) is 0.941. The number of ether oxygens (including phenoxy) is 1. The van der Waals surface area contributed by atoms with Crippen LogP contribution in [0.3, 0.4) is 0 Å². The number of hydrogen-bond donors (Lipinski definition) is 2. The van der Waals surface area contributed by atoms with Gasteiger partial charge in [-0.15, -0.1) is 0 Å². The van der Waals surface area contributed by atoms with Crippen LogP contribution in [0.5, 0.6) is 0 Å². The zero-order chi connectivity index (χ0) is 21.7. The molecule has 3 N–H and O–H groups in total. The molecule has 156 valence electrons. The number of nitrogens with two attached hydrogens (primary N) is 1. The molecule has 3 rings (SSSR count). The number of halogens is 1. The molecule has 30 heavy (non-hydrogen) atoms. The number of amides is 1. The van der Waals surface area contributed by atoms with Crippen molar-refractivity contribution < 1.29 is 9.53 Å². The molecule has 0 saturated heterocycles. The average molecular weight is 426 g/mol. The third-order valence-corrected chi connectivity index (χ3v) is 4.95. The molecule has 1 heterocycles. The quantitative estimate of drug-likeness (QED) is 0.599. The number of nitrogens with zero attached hydrogens (tertiary/aromatic N) is 1. The molecule has 7 heteroatoms. The normalized spacial score (nSPS) is 12.0. The van der Waals surface area contributed by atoms with Crippen molar-refractivity contribution in [3.05, 3.63) is 92.9 Å². The highest BCUT2D eigenvalue weighted by Gasteiger charge is 2.16. The summed E-state index contributed by atoms with van der Waals surface area (Å²) in [5.74, 6) is 0. The molecule has 2 aromatic carbocycles. The Bertz CT molecular complexity index is 1060. The van der Waals surface area contributed by atoms with E-state index in [1.807, 2.05) is 73.6 Å². The van der Waals surface area contributed by atoms with Gasteiger partial charge in [0.1, 0.15) is 6.10 Å².